The van der Waals surface area contributed by atoms with Crippen LogP contribution >= 0.6 is 0 Å². The Balaban J connectivity index is 2.18. The first kappa shape index (κ1) is 19.4. The molecule has 0 bridgehead atoms. The first-order valence-electron chi connectivity index (χ1n) is 8.71. The van der Waals surface area contributed by atoms with Gasteiger partial charge in [-0.2, -0.15) is 0 Å². The van der Waals surface area contributed by atoms with Crippen LogP contribution in [0, 0.1) is 12.3 Å². The molecule has 1 aliphatic carbocycles. The van der Waals surface area contributed by atoms with Crippen LogP contribution in [0.1, 0.15) is 32.3 Å². The lowest BCUT2D eigenvalue weighted by Crippen LogP contribution is -2.59. The molecule has 0 radical (unpaired) electrons. The minimum atomic E-state index is -4.12. The third-order valence-corrected chi connectivity index (χ3v) is 7.37. The molecule has 1 aliphatic heterocycles. The number of methoxy groups -OCH3 is 1. The summed E-state index contributed by atoms with van der Waals surface area (Å²) < 4.78 is 32.5. The molecule has 6 nitrogen and oxygen atoms in total. The van der Waals surface area contributed by atoms with Gasteiger partial charge in [0.1, 0.15) is 5.41 Å². The van der Waals surface area contributed by atoms with Gasteiger partial charge in [0, 0.05) is 6.08 Å². The fourth-order valence-corrected chi connectivity index (χ4v) is 5.44. The number of carbonyl (C=O) groups excluding carboxylic acids is 2. The maximum atomic E-state index is 13.3. The molecule has 1 heterocycles. The standard InChI is InChI=1S/C20H23NO5S/c1-13-5-7-16(8-6-13)27(24,25)21-17-11-14(2)15(3)12-20(17,19(23)26-4)10-9-18(21)22/h5-10,17H,11-12H2,1-4H3/t17-,20-/m0/s1. The summed E-state index contributed by atoms with van der Waals surface area (Å²) in [6.07, 6.45) is 3.30. The van der Waals surface area contributed by atoms with Gasteiger partial charge in [-0.25, -0.2) is 12.7 Å². The molecule has 2 atom stereocenters. The predicted molar refractivity (Wildman–Crippen MR) is 100 cm³/mol. The number of nitrogens with zero attached hydrogens (tertiary/aromatic N) is 1. The molecule has 7 heteroatoms. The van der Waals surface area contributed by atoms with Crippen molar-refractivity contribution < 1.29 is 22.7 Å². The van der Waals surface area contributed by atoms with E-state index in [4.69, 9.17) is 4.74 Å². The topological polar surface area (TPSA) is 80.8 Å². The second-order valence-electron chi connectivity index (χ2n) is 7.27. The average Bonchev–Trinajstić information content (AvgIpc) is 2.62. The third-order valence-electron chi connectivity index (χ3n) is 5.55. The Labute approximate surface area is 159 Å². The third kappa shape index (κ3) is 3.00. The van der Waals surface area contributed by atoms with Gasteiger partial charge in [0.25, 0.3) is 15.9 Å². The second kappa shape index (κ2) is 6.64. The Hall–Kier alpha value is -2.41. The number of sulfonamides is 1. The van der Waals surface area contributed by atoms with Gasteiger partial charge in [0.15, 0.2) is 0 Å². The molecule has 0 fully saturated rings. The van der Waals surface area contributed by atoms with E-state index in [0.29, 0.717) is 12.8 Å². The van der Waals surface area contributed by atoms with Crippen LogP contribution in [0.2, 0.25) is 0 Å². The number of allylic oxidation sites excluding steroid dienone is 1. The monoisotopic (exact) mass is 389 g/mol. The minimum absolute atomic E-state index is 0.0273. The van der Waals surface area contributed by atoms with Crippen molar-refractivity contribution in [2.45, 2.75) is 44.6 Å². The van der Waals surface area contributed by atoms with Crippen molar-refractivity contribution in [2.75, 3.05) is 7.11 Å². The van der Waals surface area contributed by atoms with E-state index in [0.717, 1.165) is 21.0 Å². The largest absolute Gasteiger partial charge is 0.468 e. The highest BCUT2D eigenvalue weighted by Crippen LogP contribution is 2.47. The van der Waals surface area contributed by atoms with Crippen LogP contribution in [0.25, 0.3) is 0 Å². The van der Waals surface area contributed by atoms with Crippen molar-refractivity contribution in [1.82, 2.24) is 4.31 Å². The lowest BCUT2D eigenvalue weighted by Gasteiger charge is -2.47. The maximum Gasteiger partial charge on any atom is 0.318 e. The van der Waals surface area contributed by atoms with Gasteiger partial charge < -0.3 is 4.74 Å². The Morgan fingerprint density at radius 1 is 1.15 bits per heavy atom. The van der Waals surface area contributed by atoms with E-state index < -0.39 is 33.4 Å². The molecular formula is C20H23NO5S. The van der Waals surface area contributed by atoms with Crippen molar-refractivity contribution in [3.63, 3.8) is 0 Å². The summed E-state index contributed by atoms with van der Waals surface area (Å²) in [6, 6.07) is 5.47. The molecule has 0 aromatic heterocycles. The molecule has 1 amide bonds. The molecule has 0 spiro atoms. The van der Waals surface area contributed by atoms with Gasteiger partial charge in [-0.3, -0.25) is 9.59 Å². The lowest BCUT2D eigenvalue weighted by atomic mass is 9.67. The fourth-order valence-electron chi connectivity index (χ4n) is 3.84. The quantitative estimate of drug-likeness (QED) is 0.587. The molecular weight excluding hydrogens is 366 g/mol. The number of carbonyl (C=O) groups is 2. The maximum absolute atomic E-state index is 13.3. The van der Waals surface area contributed by atoms with Crippen LogP contribution in [-0.4, -0.2) is 37.8 Å². The second-order valence-corrected chi connectivity index (χ2v) is 9.09. The van der Waals surface area contributed by atoms with Gasteiger partial charge in [-0.15, -0.1) is 0 Å². The number of fused-ring (bicyclic) bond motifs is 1. The summed E-state index contributed by atoms with van der Waals surface area (Å²) in [4.78, 5) is 25.4. The highest BCUT2D eigenvalue weighted by Gasteiger charge is 2.56. The number of hydrogen-bond donors (Lipinski definition) is 0. The summed E-state index contributed by atoms with van der Waals surface area (Å²) in [5.74, 6) is -1.18. The molecule has 3 rings (SSSR count). The van der Waals surface area contributed by atoms with E-state index in [1.807, 2.05) is 20.8 Å². The molecule has 1 aromatic carbocycles. The first-order chi connectivity index (χ1) is 12.6. The number of aryl methyl sites for hydroxylation is 1. The van der Waals surface area contributed by atoms with Crippen molar-refractivity contribution in [1.29, 1.82) is 0 Å². The average molecular weight is 389 g/mol. The molecule has 1 aromatic rings. The van der Waals surface area contributed by atoms with Crippen molar-refractivity contribution in [3.8, 4) is 0 Å². The van der Waals surface area contributed by atoms with Crippen molar-refractivity contribution in [2.24, 2.45) is 5.41 Å². The van der Waals surface area contributed by atoms with Gasteiger partial charge in [0.2, 0.25) is 0 Å². The van der Waals surface area contributed by atoms with Crippen LogP contribution in [0.5, 0.6) is 0 Å². The lowest BCUT2D eigenvalue weighted by molar-refractivity contribution is -0.154. The molecule has 27 heavy (non-hydrogen) atoms. The van der Waals surface area contributed by atoms with Crippen LogP contribution < -0.4 is 0 Å². The highest BCUT2D eigenvalue weighted by molar-refractivity contribution is 7.89. The molecule has 0 unspecified atom stereocenters. The number of hydrogen-bond acceptors (Lipinski definition) is 5. The number of amides is 1. The van der Waals surface area contributed by atoms with E-state index in [1.165, 1.54) is 31.4 Å². The summed E-state index contributed by atoms with van der Waals surface area (Å²) in [5, 5.41) is 0. The van der Waals surface area contributed by atoms with E-state index in [9.17, 15) is 18.0 Å². The fraction of sp³-hybridized carbons (Fsp3) is 0.400. The summed E-state index contributed by atoms with van der Waals surface area (Å²) in [5.41, 5.74) is 1.69. The van der Waals surface area contributed by atoms with Crippen LogP contribution in [-0.2, 0) is 24.3 Å². The Kier molecular flexibility index (Phi) is 4.76. The van der Waals surface area contributed by atoms with Gasteiger partial charge >= 0.3 is 5.97 Å². The normalized spacial score (nSPS) is 25.4. The van der Waals surface area contributed by atoms with E-state index >= 15 is 0 Å². The summed E-state index contributed by atoms with van der Waals surface area (Å²) >= 11 is 0. The predicted octanol–water partition coefficient (Wildman–Crippen LogP) is 2.74. The SMILES string of the molecule is COC(=O)[C@]12C=CC(=O)N(S(=O)(=O)c3ccc(C)cc3)[C@H]1CC(C)=C(C)C2. The number of esters is 1. The molecule has 2 aliphatic rings. The van der Waals surface area contributed by atoms with Crippen molar-refractivity contribution in [3.05, 3.63) is 53.1 Å². The van der Waals surface area contributed by atoms with Gasteiger partial charge in [-0.05, 0) is 45.7 Å². The molecule has 0 saturated carbocycles. The Bertz CT molecular complexity index is 959. The van der Waals surface area contributed by atoms with E-state index in [2.05, 4.69) is 0 Å². The van der Waals surface area contributed by atoms with Crippen molar-refractivity contribution >= 4 is 21.9 Å². The molecule has 144 valence electrons. The number of ether oxygens (including phenoxy) is 1. The molecule has 0 saturated heterocycles. The summed E-state index contributed by atoms with van der Waals surface area (Å²) in [7, 11) is -2.84. The van der Waals surface area contributed by atoms with Gasteiger partial charge in [-0.1, -0.05) is 34.9 Å². The smallest absolute Gasteiger partial charge is 0.318 e. The summed E-state index contributed by atoms with van der Waals surface area (Å²) in [6.45, 7) is 5.67. The number of rotatable bonds is 3. The first-order valence-corrected chi connectivity index (χ1v) is 10.2. The Morgan fingerprint density at radius 3 is 2.37 bits per heavy atom. The van der Waals surface area contributed by atoms with Crippen LogP contribution in [0.15, 0.2) is 52.5 Å². The Morgan fingerprint density at radius 2 is 1.78 bits per heavy atom. The molecule has 0 N–H and O–H groups in total. The zero-order valence-corrected chi connectivity index (χ0v) is 16.7. The number of benzene rings is 1. The minimum Gasteiger partial charge on any atom is -0.468 e. The van der Waals surface area contributed by atoms with Crippen LogP contribution in [0.4, 0.5) is 0 Å². The van der Waals surface area contributed by atoms with E-state index in [-0.39, 0.29) is 4.90 Å². The van der Waals surface area contributed by atoms with E-state index in [1.54, 1.807) is 12.1 Å². The zero-order chi connectivity index (χ0) is 20.0. The zero-order valence-electron chi connectivity index (χ0n) is 15.9. The van der Waals surface area contributed by atoms with Crippen LogP contribution in [0.3, 0.4) is 0 Å². The van der Waals surface area contributed by atoms with Gasteiger partial charge in [0.05, 0.1) is 18.0 Å². The highest BCUT2D eigenvalue weighted by atomic mass is 32.2.